The number of rotatable bonds is 4. The molecule has 1 aromatic heterocycles. The van der Waals surface area contributed by atoms with Crippen LogP contribution < -0.4 is 15.4 Å². The number of amides is 1. The average Bonchev–Trinajstić information content (AvgIpc) is 3.31. The van der Waals surface area contributed by atoms with Crippen molar-refractivity contribution in [2.75, 3.05) is 18.4 Å². The summed E-state index contributed by atoms with van der Waals surface area (Å²) < 4.78 is 43.0. The first-order valence-corrected chi connectivity index (χ1v) is 9.74. The fraction of sp³-hybridized carbons (Fsp3) is 0.217. The van der Waals surface area contributed by atoms with Crippen molar-refractivity contribution in [3.63, 3.8) is 0 Å². The highest BCUT2D eigenvalue weighted by atomic mass is 19.4. The molecule has 3 aromatic rings. The molecule has 1 amide bonds. The lowest BCUT2D eigenvalue weighted by molar-refractivity contribution is -0.141. The summed E-state index contributed by atoms with van der Waals surface area (Å²) in [6, 6.07) is 20.7. The van der Waals surface area contributed by atoms with Crippen LogP contribution in [0.25, 0.3) is 0 Å². The second-order valence-electron chi connectivity index (χ2n) is 6.84. The Kier molecular flexibility index (Phi) is 7.61. The van der Waals surface area contributed by atoms with E-state index in [0.29, 0.717) is 18.0 Å². The Balaban J connectivity index is 0.000000391. The van der Waals surface area contributed by atoms with Crippen molar-refractivity contribution in [3.05, 3.63) is 84.7 Å². The summed E-state index contributed by atoms with van der Waals surface area (Å²) >= 11 is 0. The predicted molar refractivity (Wildman–Crippen MR) is 112 cm³/mol. The number of benzene rings is 2. The number of carbonyl (C=O) groups excluding carboxylic acids is 1. The lowest BCUT2D eigenvalue weighted by atomic mass is 10.1. The molecule has 0 saturated carbocycles. The Morgan fingerprint density at radius 1 is 1.00 bits per heavy atom. The Morgan fingerprint density at radius 2 is 1.71 bits per heavy atom. The molecule has 1 aliphatic heterocycles. The van der Waals surface area contributed by atoms with Crippen LogP contribution in [0.1, 0.15) is 12.1 Å². The van der Waals surface area contributed by atoms with Crippen molar-refractivity contribution in [2.45, 2.75) is 12.6 Å². The van der Waals surface area contributed by atoms with Crippen molar-refractivity contribution in [3.8, 4) is 11.5 Å². The summed E-state index contributed by atoms with van der Waals surface area (Å²) in [5, 5.41) is 5.94. The monoisotopic (exact) mass is 429 g/mol. The van der Waals surface area contributed by atoms with E-state index in [2.05, 4.69) is 15.6 Å². The van der Waals surface area contributed by atoms with Gasteiger partial charge in [0.05, 0.1) is 12.1 Å². The van der Waals surface area contributed by atoms with Gasteiger partial charge in [0.25, 0.3) is 0 Å². The molecule has 2 N–H and O–H groups in total. The van der Waals surface area contributed by atoms with Crippen LogP contribution in [-0.2, 0) is 11.0 Å². The summed E-state index contributed by atoms with van der Waals surface area (Å²) in [5.74, 6) is 0.433. The van der Waals surface area contributed by atoms with Gasteiger partial charge >= 0.3 is 6.18 Å². The first-order chi connectivity index (χ1) is 14.9. The van der Waals surface area contributed by atoms with Gasteiger partial charge in [-0.15, -0.1) is 0 Å². The summed E-state index contributed by atoms with van der Waals surface area (Å²) in [6.45, 7) is 1.47. The zero-order valence-electron chi connectivity index (χ0n) is 16.6. The van der Waals surface area contributed by atoms with Gasteiger partial charge in [0.2, 0.25) is 5.91 Å². The highest BCUT2D eigenvalue weighted by molar-refractivity contribution is 5.93. The third-order valence-electron chi connectivity index (χ3n) is 4.46. The van der Waals surface area contributed by atoms with Crippen molar-refractivity contribution in [2.24, 2.45) is 5.92 Å². The number of nitrogens with one attached hydrogen (secondary N) is 2. The normalized spacial score (nSPS) is 15.5. The van der Waals surface area contributed by atoms with Gasteiger partial charge in [-0.25, -0.2) is 4.98 Å². The molecule has 162 valence electrons. The third-order valence-corrected chi connectivity index (χ3v) is 4.46. The highest BCUT2D eigenvalue weighted by Gasteiger charge is 2.32. The highest BCUT2D eigenvalue weighted by Crippen LogP contribution is 2.30. The zero-order valence-corrected chi connectivity index (χ0v) is 16.6. The number of carbonyl (C=O) groups is 1. The zero-order chi connectivity index (χ0) is 22.1. The number of ether oxygens (including phenoxy) is 1. The van der Waals surface area contributed by atoms with Crippen LogP contribution in [0, 0.1) is 5.92 Å². The molecule has 1 fully saturated rings. The van der Waals surface area contributed by atoms with E-state index in [4.69, 9.17) is 4.74 Å². The molecule has 0 radical (unpaired) electrons. The molecule has 1 atom stereocenters. The van der Waals surface area contributed by atoms with Gasteiger partial charge in [-0.05, 0) is 37.2 Å². The summed E-state index contributed by atoms with van der Waals surface area (Å²) in [6.07, 6.45) is -2.69. The number of anilines is 1. The van der Waals surface area contributed by atoms with E-state index in [0.717, 1.165) is 25.2 Å². The Morgan fingerprint density at radius 3 is 2.26 bits per heavy atom. The first-order valence-electron chi connectivity index (χ1n) is 9.74. The maximum absolute atomic E-state index is 12.5. The Hall–Kier alpha value is -3.39. The van der Waals surface area contributed by atoms with Gasteiger partial charge in [-0.3, -0.25) is 4.79 Å². The summed E-state index contributed by atoms with van der Waals surface area (Å²) in [5.41, 5.74) is -0.416. The molecule has 4 rings (SSSR count). The third kappa shape index (κ3) is 7.11. The fourth-order valence-electron chi connectivity index (χ4n) is 2.89. The summed E-state index contributed by atoms with van der Waals surface area (Å²) in [7, 11) is 0. The first kappa shape index (κ1) is 22.3. The van der Waals surface area contributed by atoms with Crippen molar-refractivity contribution >= 4 is 11.6 Å². The lowest BCUT2D eigenvalue weighted by Gasteiger charge is -2.12. The lowest BCUT2D eigenvalue weighted by Crippen LogP contribution is -2.24. The van der Waals surface area contributed by atoms with Crippen LogP contribution in [-0.4, -0.2) is 24.0 Å². The van der Waals surface area contributed by atoms with Crippen LogP contribution in [0.4, 0.5) is 18.9 Å². The molecule has 0 bridgehead atoms. The smallest absolute Gasteiger partial charge is 0.433 e. The van der Waals surface area contributed by atoms with E-state index in [9.17, 15) is 18.0 Å². The van der Waals surface area contributed by atoms with Gasteiger partial charge in [0.1, 0.15) is 17.2 Å². The van der Waals surface area contributed by atoms with E-state index >= 15 is 0 Å². The van der Waals surface area contributed by atoms with Crippen LogP contribution in [0.5, 0.6) is 11.5 Å². The van der Waals surface area contributed by atoms with Crippen LogP contribution >= 0.6 is 0 Å². The number of nitrogens with zero attached hydrogens (tertiary/aromatic N) is 1. The average molecular weight is 429 g/mol. The van der Waals surface area contributed by atoms with Crippen LogP contribution in [0.2, 0.25) is 0 Å². The van der Waals surface area contributed by atoms with Crippen molar-refractivity contribution < 1.29 is 22.7 Å². The van der Waals surface area contributed by atoms with Gasteiger partial charge < -0.3 is 15.4 Å². The van der Waals surface area contributed by atoms with E-state index in [1.165, 1.54) is 6.07 Å². The van der Waals surface area contributed by atoms with Gasteiger partial charge in [0.15, 0.2) is 0 Å². The molecule has 1 aliphatic rings. The molecule has 31 heavy (non-hydrogen) atoms. The maximum Gasteiger partial charge on any atom is 0.433 e. The molecule has 1 unspecified atom stereocenters. The second-order valence-corrected chi connectivity index (χ2v) is 6.84. The minimum atomic E-state index is -4.49. The minimum absolute atomic E-state index is 0.0660. The van der Waals surface area contributed by atoms with E-state index in [1.54, 1.807) is 24.3 Å². The molecular formula is C23H22F3N3O2. The maximum atomic E-state index is 12.5. The molecule has 0 aliphatic carbocycles. The van der Waals surface area contributed by atoms with E-state index < -0.39 is 11.9 Å². The summed E-state index contributed by atoms with van der Waals surface area (Å²) in [4.78, 5) is 15.4. The van der Waals surface area contributed by atoms with Crippen LogP contribution in [0.3, 0.4) is 0 Å². The molecule has 2 aromatic carbocycles. The number of halogens is 3. The Labute approximate surface area is 178 Å². The molecule has 8 heteroatoms. The topological polar surface area (TPSA) is 63.2 Å². The van der Waals surface area contributed by atoms with E-state index in [-0.39, 0.29) is 17.6 Å². The quantitative estimate of drug-likeness (QED) is 0.604. The second kappa shape index (κ2) is 10.6. The number of hydrogen-bond donors (Lipinski definition) is 2. The number of hydrogen-bond acceptors (Lipinski definition) is 4. The number of pyridine rings is 1. The van der Waals surface area contributed by atoms with Gasteiger partial charge in [0, 0.05) is 18.3 Å². The van der Waals surface area contributed by atoms with Crippen molar-refractivity contribution in [1.82, 2.24) is 10.3 Å². The van der Waals surface area contributed by atoms with Gasteiger partial charge in [-0.1, -0.05) is 42.5 Å². The predicted octanol–water partition coefficient (Wildman–Crippen LogP) is 5.13. The standard InChI is InChI=1S/C17H16F3N3O2.C6H6/c18-17(19,20)15-5-4-14(10-22-15)25-13-3-1-2-12(8-13)23-16(24)11-6-7-21-9-11;1-2-4-6-5-3-1/h1-5,8,10-11,21H,6-7,9H2,(H,23,24);1-6H. The molecular weight excluding hydrogens is 407 g/mol. The molecule has 1 saturated heterocycles. The van der Waals surface area contributed by atoms with Crippen molar-refractivity contribution in [1.29, 1.82) is 0 Å². The largest absolute Gasteiger partial charge is 0.456 e. The minimum Gasteiger partial charge on any atom is -0.456 e. The molecule has 2 heterocycles. The molecule has 0 spiro atoms. The van der Waals surface area contributed by atoms with E-state index in [1.807, 2.05) is 36.4 Å². The number of aromatic nitrogens is 1. The number of alkyl halides is 3. The SMILES string of the molecule is O=C(Nc1cccc(Oc2ccc(C(F)(F)F)nc2)c1)C1CCNC1.c1ccccc1. The molecule has 5 nitrogen and oxygen atoms in total. The van der Waals surface area contributed by atoms with Gasteiger partial charge in [-0.2, -0.15) is 13.2 Å². The fourth-order valence-corrected chi connectivity index (χ4v) is 2.89. The Bertz CT molecular complexity index is 931. The van der Waals surface area contributed by atoms with Crippen LogP contribution in [0.15, 0.2) is 79.0 Å².